The number of carbonyl (C=O) groups is 2. The van der Waals surface area contributed by atoms with Gasteiger partial charge in [-0.25, -0.2) is 9.48 Å². The Morgan fingerprint density at radius 1 is 1.30 bits per heavy atom. The monoisotopic (exact) mass is 387 g/mol. The van der Waals surface area contributed by atoms with E-state index in [1.54, 1.807) is 16.9 Å². The second kappa shape index (κ2) is 6.70. The molecular formula is C18H18ClN5O3. The van der Waals surface area contributed by atoms with Crippen molar-refractivity contribution in [3.63, 3.8) is 0 Å². The lowest BCUT2D eigenvalue weighted by molar-refractivity contribution is -0.127. The van der Waals surface area contributed by atoms with Crippen LogP contribution in [0.5, 0.6) is 0 Å². The van der Waals surface area contributed by atoms with Gasteiger partial charge in [-0.05, 0) is 31.5 Å². The summed E-state index contributed by atoms with van der Waals surface area (Å²) in [5.74, 6) is -0.319. The van der Waals surface area contributed by atoms with Gasteiger partial charge in [-0.1, -0.05) is 23.4 Å². The van der Waals surface area contributed by atoms with E-state index in [0.29, 0.717) is 16.8 Å². The normalized spacial score (nSPS) is 17.3. The number of amides is 3. The Morgan fingerprint density at radius 2 is 2.07 bits per heavy atom. The third-order valence-electron chi connectivity index (χ3n) is 4.57. The molecule has 1 aliphatic rings. The van der Waals surface area contributed by atoms with Crippen LogP contribution in [0.4, 0.5) is 4.79 Å². The van der Waals surface area contributed by atoms with Crippen LogP contribution >= 0.6 is 11.6 Å². The number of furan rings is 1. The van der Waals surface area contributed by atoms with Crippen LogP contribution in [-0.4, -0.2) is 37.9 Å². The first-order chi connectivity index (χ1) is 12.9. The van der Waals surface area contributed by atoms with Gasteiger partial charge in [0, 0.05) is 29.6 Å². The van der Waals surface area contributed by atoms with Crippen molar-refractivity contribution in [1.82, 2.24) is 25.2 Å². The Hall–Kier alpha value is -2.87. The van der Waals surface area contributed by atoms with E-state index in [1.165, 1.54) is 0 Å². The zero-order valence-electron chi connectivity index (χ0n) is 14.8. The zero-order valence-corrected chi connectivity index (χ0v) is 15.6. The first-order valence-electron chi connectivity index (χ1n) is 8.62. The first kappa shape index (κ1) is 17.5. The number of imide groups is 1. The molecule has 8 nitrogen and oxygen atoms in total. The molecule has 1 aliphatic heterocycles. The lowest BCUT2D eigenvalue weighted by atomic mass is 10.1. The molecule has 9 heteroatoms. The molecule has 3 aromatic rings. The predicted molar refractivity (Wildman–Crippen MR) is 98.2 cm³/mol. The van der Waals surface area contributed by atoms with Crippen LogP contribution in [0.2, 0.25) is 5.22 Å². The molecule has 27 heavy (non-hydrogen) atoms. The molecule has 1 saturated heterocycles. The summed E-state index contributed by atoms with van der Waals surface area (Å²) >= 11 is 6.18. The molecule has 0 aliphatic carbocycles. The molecule has 2 aromatic heterocycles. The molecule has 1 aromatic carbocycles. The Bertz CT molecular complexity index is 1030. The van der Waals surface area contributed by atoms with Crippen LogP contribution in [0.15, 0.2) is 34.9 Å². The van der Waals surface area contributed by atoms with Gasteiger partial charge in [0.05, 0.1) is 12.2 Å². The van der Waals surface area contributed by atoms with Crippen molar-refractivity contribution in [2.45, 2.75) is 38.9 Å². The SMILES string of the molecule is CC(C)n1cc(CC2NC(=O)N(Cc3c(Cl)oc4ccccc34)C2=O)nn1. The van der Waals surface area contributed by atoms with Gasteiger partial charge < -0.3 is 9.73 Å². The second-order valence-electron chi connectivity index (χ2n) is 6.76. The summed E-state index contributed by atoms with van der Waals surface area (Å²) in [6.07, 6.45) is 2.07. The van der Waals surface area contributed by atoms with Crippen LogP contribution in [0, 0.1) is 0 Å². The van der Waals surface area contributed by atoms with Gasteiger partial charge in [0.15, 0.2) is 5.22 Å². The van der Waals surface area contributed by atoms with Gasteiger partial charge in [0.2, 0.25) is 0 Å². The predicted octanol–water partition coefficient (Wildman–Crippen LogP) is 2.92. The summed E-state index contributed by atoms with van der Waals surface area (Å²) < 4.78 is 7.22. The fourth-order valence-electron chi connectivity index (χ4n) is 3.11. The van der Waals surface area contributed by atoms with Crippen LogP contribution < -0.4 is 5.32 Å². The molecule has 0 spiro atoms. The topological polar surface area (TPSA) is 93.3 Å². The maximum Gasteiger partial charge on any atom is 0.325 e. The molecule has 0 saturated carbocycles. The zero-order chi connectivity index (χ0) is 19.1. The van der Waals surface area contributed by atoms with E-state index in [1.807, 2.05) is 32.0 Å². The van der Waals surface area contributed by atoms with E-state index in [0.717, 1.165) is 10.3 Å². The highest BCUT2D eigenvalue weighted by atomic mass is 35.5. The fourth-order valence-corrected chi connectivity index (χ4v) is 3.35. The van der Waals surface area contributed by atoms with E-state index in [2.05, 4.69) is 15.6 Å². The molecule has 3 heterocycles. The van der Waals surface area contributed by atoms with Crippen molar-refractivity contribution in [2.24, 2.45) is 0 Å². The molecule has 1 unspecified atom stereocenters. The number of halogens is 1. The number of hydrogen-bond donors (Lipinski definition) is 1. The Labute approximate surface area is 160 Å². The largest absolute Gasteiger partial charge is 0.444 e. The fraction of sp³-hybridized carbons (Fsp3) is 0.333. The summed E-state index contributed by atoms with van der Waals surface area (Å²) in [5.41, 5.74) is 1.88. The number of urea groups is 1. The average Bonchev–Trinajstić information content (AvgIpc) is 3.29. The number of aromatic nitrogens is 3. The van der Waals surface area contributed by atoms with Gasteiger partial charge in [0.1, 0.15) is 11.6 Å². The van der Waals surface area contributed by atoms with Gasteiger partial charge in [-0.3, -0.25) is 9.69 Å². The van der Waals surface area contributed by atoms with Gasteiger partial charge in [0.25, 0.3) is 5.91 Å². The summed E-state index contributed by atoms with van der Waals surface area (Å²) in [4.78, 5) is 26.3. The van der Waals surface area contributed by atoms with E-state index in [9.17, 15) is 9.59 Å². The molecule has 4 rings (SSSR count). The smallest absolute Gasteiger partial charge is 0.325 e. The first-order valence-corrected chi connectivity index (χ1v) is 9.00. The van der Waals surface area contributed by atoms with Crippen LogP contribution in [0.3, 0.4) is 0 Å². The highest BCUT2D eigenvalue weighted by Crippen LogP contribution is 2.31. The number of nitrogens with zero attached hydrogens (tertiary/aromatic N) is 4. The third kappa shape index (κ3) is 3.16. The van der Waals surface area contributed by atoms with Gasteiger partial charge in [-0.2, -0.15) is 0 Å². The lowest BCUT2D eigenvalue weighted by Gasteiger charge is -2.12. The molecular weight excluding hydrogens is 370 g/mol. The van der Waals surface area contributed by atoms with Gasteiger partial charge >= 0.3 is 6.03 Å². The van der Waals surface area contributed by atoms with Crippen molar-refractivity contribution in [2.75, 3.05) is 0 Å². The van der Waals surface area contributed by atoms with Crippen molar-refractivity contribution in [3.8, 4) is 0 Å². The summed E-state index contributed by atoms with van der Waals surface area (Å²) in [6, 6.07) is 6.37. The molecule has 140 valence electrons. The van der Waals surface area contributed by atoms with Gasteiger partial charge in [-0.15, -0.1) is 5.10 Å². The Balaban J connectivity index is 1.53. The number of nitrogens with one attached hydrogen (secondary N) is 1. The van der Waals surface area contributed by atoms with Crippen LogP contribution in [0.25, 0.3) is 11.0 Å². The Morgan fingerprint density at radius 3 is 2.81 bits per heavy atom. The number of hydrogen-bond acceptors (Lipinski definition) is 5. The minimum Gasteiger partial charge on any atom is -0.444 e. The third-order valence-corrected chi connectivity index (χ3v) is 4.88. The number of para-hydroxylation sites is 1. The van der Waals surface area contributed by atoms with Crippen molar-refractivity contribution in [1.29, 1.82) is 0 Å². The van der Waals surface area contributed by atoms with E-state index in [-0.39, 0.29) is 30.1 Å². The second-order valence-corrected chi connectivity index (χ2v) is 7.11. The molecule has 1 atom stereocenters. The number of carbonyl (C=O) groups excluding carboxylic acids is 2. The maximum absolute atomic E-state index is 12.7. The number of fused-ring (bicyclic) bond motifs is 1. The summed E-state index contributed by atoms with van der Waals surface area (Å²) in [5, 5.41) is 11.8. The average molecular weight is 388 g/mol. The van der Waals surface area contributed by atoms with Crippen LogP contribution in [-0.2, 0) is 17.8 Å². The number of benzene rings is 1. The van der Waals surface area contributed by atoms with Crippen LogP contribution in [0.1, 0.15) is 31.1 Å². The summed E-state index contributed by atoms with van der Waals surface area (Å²) in [7, 11) is 0. The minimum absolute atomic E-state index is 0.0513. The summed E-state index contributed by atoms with van der Waals surface area (Å²) in [6.45, 7) is 4.03. The standard InChI is InChI=1S/C18H18ClN5O3/c1-10(2)24-8-11(21-22-24)7-14-17(25)23(18(26)20-14)9-13-12-5-3-4-6-15(12)27-16(13)19/h3-6,8,10,14H,7,9H2,1-2H3,(H,20,26). The molecule has 1 N–H and O–H groups in total. The highest BCUT2D eigenvalue weighted by molar-refractivity contribution is 6.30. The highest BCUT2D eigenvalue weighted by Gasteiger charge is 2.39. The molecule has 0 bridgehead atoms. The van der Waals surface area contributed by atoms with Crippen molar-refractivity contribution < 1.29 is 14.0 Å². The molecule has 0 radical (unpaired) electrons. The molecule has 3 amide bonds. The van der Waals surface area contributed by atoms with E-state index >= 15 is 0 Å². The van der Waals surface area contributed by atoms with E-state index < -0.39 is 12.1 Å². The Kier molecular flexibility index (Phi) is 4.35. The lowest BCUT2D eigenvalue weighted by Crippen LogP contribution is -2.32. The maximum atomic E-state index is 12.7. The van der Waals surface area contributed by atoms with E-state index in [4.69, 9.17) is 16.0 Å². The quantitative estimate of drug-likeness (QED) is 0.679. The van der Waals surface area contributed by atoms with Crippen molar-refractivity contribution >= 4 is 34.5 Å². The number of rotatable bonds is 5. The van der Waals surface area contributed by atoms with Crippen molar-refractivity contribution in [3.05, 3.63) is 46.9 Å². The molecule has 1 fully saturated rings. The minimum atomic E-state index is -0.674.